The molecule has 0 fully saturated rings. The van der Waals surface area contributed by atoms with E-state index in [4.69, 9.17) is 0 Å². The summed E-state index contributed by atoms with van der Waals surface area (Å²) >= 11 is 5.31. The minimum atomic E-state index is 0.512. The van der Waals surface area contributed by atoms with Gasteiger partial charge < -0.3 is 4.90 Å². The molecule has 2 aromatic rings. The Morgan fingerprint density at radius 3 is 2.50 bits per heavy atom. The summed E-state index contributed by atoms with van der Waals surface area (Å²) in [5.41, 5.74) is 2.60. The molecule has 0 bridgehead atoms. The molecule has 1 aromatic heterocycles. The third-order valence-electron chi connectivity index (χ3n) is 3.24. The van der Waals surface area contributed by atoms with E-state index < -0.39 is 0 Å². The number of hydrogen-bond acceptors (Lipinski definition) is 2. The molecule has 0 aliphatic carbocycles. The number of likely N-dealkylation sites (N-methyl/N-ethyl adjacent to an activating group) is 1. The van der Waals surface area contributed by atoms with Crippen molar-refractivity contribution in [1.29, 1.82) is 0 Å². The largest absolute Gasteiger partial charge is 0.372 e. The molecule has 1 nitrogen and oxygen atoms in total. The smallest absolute Gasteiger partial charge is 0.0366 e. The summed E-state index contributed by atoms with van der Waals surface area (Å²) in [5.74, 6) is 0. The maximum absolute atomic E-state index is 3.48. The van der Waals surface area contributed by atoms with E-state index in [1.807, 2.05) is 11.3 Å². The molecule has 0 radical (unpaired) electrons. The monoisotopic (exact) mass is 323 g/mol. The molecule has 3 heteroatoms. The van der Waals surface area contributed by atoms with Crippen molar-refractivity contribution < 1.29 is 0 Å². The van der Waals surface area contributed by atoms with Crippen LogP contribution in [0.4, 0.5) is 5.69 Å². The summed E-state index contributed by atoms with van der Waals surface area (Å²) < 4.78 is 0. The van der Waals surface area contributed by atoms with Gasteiger partial charge in [-0.25, -0.2) is 0 Å². The van der Waals surface area contributed by atoms with Crippen molar-refractivity contribution in [2.45, 2.75) is 24.7 Å². The van der Waals surface area contributed by atoms with Gasteiger partial charge in [0.25, 0.3) is 0 Å². The van der Waals surface area contributed by atoms with Gasteiger partial charge in [-0.05, 0) is 36.1 Å². The van der Waals surface area contributed by atoms with E-state index in [0.717, 1.165) is 11.8 Å². The molecule has 0 spiro atoms. The van der Waals surface area contributed by atoms with Crippen molar-refractivity contribution >= 4 is 33.0 Å². The Morgan fingerprint density at radius 2 is 1.94 bits per heavy atom. The molecule has 0 saturated heterocycles. The van der Waals surface area contributed by atoms with Gasteiger partial charge in [-0.2, -0.15) is 0 Å². The normalized spacial score (nSPS) is 12.4. The molecule has 1 heterocycles. The lowest BCUT2D eigenvalue weighted by molar-refractivity contribution is 0.688. The lowest BCUT2D eigenvalue weighted by Crippen LogP contribution is -2.30. The molecule has 0 aliphatic rings. The Kier molecular flexibility index (Phi) is 4.84. The van der Waals surface area contributed by atoms with Gasteiger partial charge >= 0.3 is 0 Å². The number of rotatable bonds is 5. The third-order valence-corrected chi connectivity index (χ3v) is 4.78. The van der Waals surface area contributed by atoms with Crippen LogP contribution < -0.4 is 4.90 Å². The molecule has 0 N–H and O–H groups in total. The van der Waals surface area contributed by atoms with Crippen LogP contribution >= 0.6 is 27.3 Å². The number of hydrogen-bond donors (Lipinski definition) is 0. The summed E-state index contributed by atoms with van der Waals surface area (Å²) in [5, 5.41) is 3.06. The Balaban J connectivity index is 2.02. The molecule has 18 heavy (non-hydrogen) atoms. The van der Waals surface area contributed by atoms with Gasteiger partial charge in [-0.1, -0.05) is 34.1 Å². The number of benzene rings is 1. The van der Waals surface area contributed by atoms with Gasteiger partial charge in [0.15, 0.2) is 0 Å². The summed E-state index contributed by atoms with van der Waals surface area (Å²) in [7, 11) is 2.17. The topological polar surface area (TPSA) is 3.24 Å². The van der Waals surface area contributed by atoms with Crippen LogP contribution in [0.1, 0.15) is 17.4 Å². The van der Waals surface area contributed by atoms with Crippen LogP contribution in [0.5, 0.6) is 0 Å². The molecule has 1 unspecified atom stereocenters. The SMILES string of the molecule is CC(Cc1cccs1)N(C)c1ccc(CBr)cc1. The zero-order valence-electron chi connectivity index (χ0n) is 10.8. The predicted octanol–water partition coefficient (Wildman–Crippen LogP) is 4.71. The minimum Gasteiger partial charge on any atom is -0.372 e. The molecule has 0 amide bonds. The average molecular weight is 324 g/mol. The fourth-order valence-electron chi connectivity index (χ4n) is 1.93. The van der Waals surface area contributed by atoms with E-state index in [9.17, 15) is 0 Å². The molecule has 2 rings (SSSR count). The lowest BCUT2D eigenvalue weighted by Gasteiger charge is -2.27. The first-order chi connectivity index (χ1) is 8.70. The van der Waals surface area contributed by atoms with Crippen molar-refractivity contribution in [2.75, 3.05) is 11.9 Å². The molecule has 1 aromatic carbocycles. The first-order valence-corrected chi connectivity index (χ1v) is 8.11. The van der Waals surface area contributed by atoms with E-state index in [2.05, 4.69) is 76.6 Å². The van der Waals surface area contributed by atoms with E-state index in [1.54, 1.807) is 0 Å². The molecular weight excluding hydrogens is 306 g/mol. The lowest BCUT2D eigenvalue weighted by atomic mass is 10.1. The van der Waals surface area contributed by atoms with Crippen LogP contribution in [0, 0.1) is 0 Å². The highest BCUT2D eigenvalue weighted by Gasteiger charge is 2.11. The van der Waals surface area contributed by atoms with Crippen molar-refractivity contribution in [3.8, 4) is 0 Å². The first kappa shape index (κ1) is 13.6. The van der Waals surface area contributed by atoms with Crippen LogP contribution in [0.2, 0.25) is 0 Å². The maximum Gasteiger partial charge on any atom is 0.0366 e. The zero-order valence-corrected chi connectivity index (χ0v) is 13.2. The molecule has 1 atom stereocenters. The molecule has 96 valence electrons. The molecular formula is C15H18BrNS. The van der Waals surface area contributed by atoms with Crippen molar-refractivity contribution in [3.05, 3.63) is 52.2 Å². The average Bonchev–Trinajstić information content (AvgIpc) is 2.91. The van der Waals surface area contributed by atoms with Crippen LogP contribution in [0.3, 0.4) is 0 Å². The van der Waals surface area contributed by atoms with Crippen molar-refractivity contribution in [3.63, 3.8) is 0 Å². The molecule has 0 aliphatic heterocycles. The zero-order chi connectivity index (χ0) is 13.0. The predicted molar refractivity (Wildman–Crippen MR) is 85.0 cm³/mol. The highest BCUT2D eigenvalue weighted by atomic mass is 79.9. The summed E-state index contributed by atoms with van der Waals surface area (Å²) in [6.07, 6.45) is 1.11. The van der Waals surface area contributed by atoms with Crippen LogP contribution in [-0.2, 0) is 11.8 Å². The number of thiophene rings is 1. The Bertz CT molecular complexity index is 464. The number of anilines is 1. The van der Waals surface area contributed by atoms with E-state index in [0.29, 0.717) is 6.04 Å². The maximum atomic E-state index is 3.48. The minimum absolute atomic E-state index is 0.512. The Labute approximate surface area is 122 Å². The van der Waals surface area contributed by atoms with E-state index in [-0.39, 0.29) is 0 Å². The van der Waals surface area contributed by atoms with Crippen LogP contribution in [0.25, 0.3) is 0 Å². The molecule has 0 saturated carbocycles. The van der Waals surface area contributed by atoms with Gasteiger partial charge in [-0.15, -0.1) is 11.3 Å². The van der Waals surface area contributed by atoms with Gasteiger partial charge in [0.1, 0.15) is 0 Å². The standard InChI is InChI=1S/C15H18BrNS/c1-12(10-15-4-3-9-18-15)17(2)14-7-5-13(11-16)6-8-14/h3-9,12H,10-11H2,1-2H3. The summed E-state index contributed by atoms with van der Waals surface area (Å²) in [6.45, 7) is 2.28. The Morgan fingerprint density at radius 1 is 1.22 bits per heavy atom. The second-order valence-electron chi connectivity index (χ2n) is 4.54. The van der Waals surface area contributed by atoms with Crippen LogP contribution in [-0.4, -0.2) is 13.1 Å². The van der Waals surface area contributed by atoms with Gasteiger partial charge in [0.05, 0.1) is 0 Å². The second-order valence-corrected chi connectivity index (χ2v) is 6.14. The van der Waals surface area contributed by atoms with Crippen molar-refractivity contribution in [2.24, 2.45) is 0 Å². The highest BCUT2D eigenvalue weighted by Crippen LogP contribution is 2.20. The fraction of sp³-hybridized carbons (Fsp3) is 0.333. The summed E-state index contributed by atoms with van der Waals surface area (Å²) in [4.78, 5) is 3.80. The van der Waals surface area contributed by atoms with Gasteiger partial charge in [-0.3, -0.25) is 0 Å². The highest BCUT2D eigenvalue weighted by molar-refractivity contribution is 9.08. The fourth-order valence-corrected chi connectivity index (χ4v) is 3.13. The number of nitrogens with zero attached hydrogens (tertiary/aromatic N) is 1. The van der Waals surface area contributed by atoms with Crippen molar-refractivity contribution in [1.82, 2.24) is 0 Å². The number of alkyl halides is 1. The van der Waals surface area contributed by atoms with Crippen LogP contribution in [0.15, 0.2) is 41.8 Å². The summed E-state index contributed by atoms with van der Waals surface area (Å²) in [6, 6.07) is 13.6. The van der Waals surface area contributed by atoms with E-state index in [1.165, 1.54) is 16.1 Å². The first-order valence-electron chi connectivity index (χ1n) is 6.11. The third kappa shape index (κ3) is 3.36. The quantitative estimate of drug-likeness (QED) is 0.720. The second kappa shape index (κ2) is 6.39. The van der Waals surface area contributed by atoms with E-state index >= 15 is 0 Å². The Hall–Kier alpha value is -0.800. The number of halogens is 1. The van der Waals surface area contributed by atoms with Gasteiger partial charge in [0.2, 0.25) is 0 Å². The van der Waals surface area contributed by atoms with Gasteiger partial charge in [0, 0.05) is 35.4 Å².